The summed E-state index contributed by atoms with van der Waals surface area (Å²) in [5.74, 6) is -0.967. The number of benzene rings is 1. The van der Waals surface area contributed by atoms with Crippen LogP contribution in [-0.4, -0.2) is 43.4 Å². The highest BCUT2D eigenvalue weighted by Gasteiger charge is 2.15. The molecular weight excluding hydrogens is 441 g/mol. The van der Waals surface area contributed by atoms with E-state index in [1.54, 1.807) is 21.0 Å². The predicted octanol–water partition coefficient (Wildman–Crippen LogP) is 3.07. The molecule has 0 aliphatic carbocycles. The summed E-state index contributed by atoms with van der Waals surface area (Å²) in [6, 6.07) is 3.16. The number of hydrogen-bond acceptors (Lipinski definition) is 2. The molecule has 0 heterocycles. The van der Waals surface area contributed by atoms with Crippen molar-refractivity contribution >= 4 is 35.8 Å². The standard InChI is InChI=1S/C17H26F2N4O.HI/c1-6-11(2)21-17(20-10-16(24)23(4)5)22-12(3)14-8-7-13(18)9-15(14)19;/h7-9,11-12H,6,10H2,1-5H3,(H2,20,21,22);1H. The Morgan fingerprint density at radius 3 is 2.40 bits per heavy atom. The number of carbonyl (C=O) groups is 1. The molecule has 25 heavy (non-hydrogen) atoms. The van der Waals surface area contributed by atoms with Gasteiger partial charge >= 0.3 is 0 Å². The van der Waals surface area contributed by atoms with E-state index in [9.17, 15) is 13.6 Å². The highest BCUT2D eigenvalue weighted by molar-refractivity contribution is 14.0. The van der Waals surface area contributed by atoms with Crippen LogP contribution in [0.15, 0.2) is 23.2 Å². The molecule has 2 unspecified atom stereocenters. The Hall–Kier alpha value is -1.45. The number of hydrogen-bond donors (Lipinski definition) is 2. The van der Waals surface area contributed by atoms with Gasteiger partial charge in [0.15, 0.2) is 5.96 Å². The molecule has 1 rings (SSSR count). The van der Waals surface area contributed by atoms with Gasteiger partial charge in [-0.3, -0.25) is 4.79 Å². The van der Waals surface area contributed by atoms with Gasteiger partial charge in [-0.05, 0) is 26.3 Å². The number of nitrogens with zero attached hydrogens (tertiary/aromatic N) is 2. The third kappa shape index (κ3) is 7.98. The second-order valence-electron chi connectivity index (χ2n) is 5.94. The van der Waals surface area contributed by atoms with Crippen molar-refractivity contribution in [2.45, 2.75) is 39.3 Å². The van der Waals surface area contributed by atoms with Gasteiger partial charge in [-0.1, -0.05) is 13.0 Å². The number of amides is 1. The quantitative estimate of drug-likeness (QED) is 0.384. The highest BCUT2D eigenvalue weighted by atomic mass is 127. The number of guanidine groups is 1. The van der Waals surface area contributed by atoms with Crippen molar-refractivity contribution < 1.29 is 13.6 Å². The first-order chi connectivity index (χ1) is 11.2. The van der Waals surface area contributed by atoms with E-state index in [-0.39, 0.29) is 42.5 Å². The Labute approximate surface area is 165 Å². The Morgan fingerprint density at radius 2 is 1.88 bits per heavy atom. The molecule has 0 spiro atoms. The molecule has 2 atom stereocenters. The maximum atomic E-state index is 13.9. The van der Waals surface area contributed by atoms with Gasteiger partial charge < -0.3 is 15.5 Å². The van der Waals surface area contributed by atoms with Gasteiger partial charge in [0.05, 0.1) is 6.04 Å². The van der Waals surface area contributed by atoms with Crippen LogP contribution in [0.2, 0.25) is 0 Å². The first kappa shape index (κ1) is 23.5. The van der Waals surface area contributed by atoms with E-state index in [2.05, 4.69) is 15.6 Å². The minimum absolute atomic E-state index is 0. The van der Waals surface area contributed by atoms with Gasteiger partial charge in [0.25, 0.3) is 0 Å². The molecule has 0 bridgehead atoms. The van der Waals surface area contributed by atoms with Crippen molar-refractivity contribution in [3.8, 4) is 0 Å². The first-order valence-corrected chi connectivity index (χ1v) is 7.97. The molecule has 0 aliphatic rings. The molecular formula is C17H27F2IN4O. The highest BCUT2D eigenvalue weighted by Crippen LogP contribution is 2.17. The summed E-state index contributed by atoms with van der Waals surface area (Å²) in [5, 5.41) is 6.22. The molecule has 0 aromatic heterocycles. The summed E-state index contributed by atoms with van der Waals surface area (Å²) >= 11 is 0. The van der Waals surface area contributed by atoms with Crippen LogP contribution in [0.1, 0.15) is 38.8 Å². The second-order valence-corrected chi connectivity index (χ2v) is 5.94. The monoisotopic (exact) mass is 468 g/mol. The van der Waals surface area contributed by atoms with Crippen LogP contribution in [-0.2, 0) is 4.79 Å². The largest absolute Gasteiger partial charge is 0.354 e. The zero-order chi connectivity index (χ0) is 18.3. The fourth-order valence-corrected chi connectivity index (χ4v) is 1.89. The summed E-state index contributed by atoms with van der Waals surface area (Å²) in [6.45, 7) is 5.73. The maximum Gasteiger partial charge on any atom is 0.243 e. The molecule has 5 nitrogen and oxygen atoms in total. The van der Waals surface area contributed by atoms with Crippen LogP contribution in [0.5, 0.6) is 0 Å². The van der Waals surface area contributed by atoms with E-state index in [0.29, 0.717) is 11.5 Å². The van der Waals surface area contributed by atoms with Gasteiger partial charge in [-0.2, -0.15) is 0 Å². The van der Waals surface area contributed by atoms with E-state index < -0.39 is 17.7 Å². The normalized spacial score (nSPS) is 13.5. The molecule has 0 saturated heterocycles. The number of likely N-dealkylation sites (N-methyl/N-ethyl adjacent to an activating group) is 1. The Kier molecular flexibility index (Phi) is 10.6. The van der Waals surface area contributed by atoms with Crippen molar-refractivity contribution in [3.05, 3.63) is 35.4 Å². The average molecular weight is 468 g/mol. The van der Waals surface area contributed by atoms with Crippen LogP contribution in [0.3, 0.4) is 0 Å². The van der Waals surface area contributed by atoms with Crippen molar-refractivity contribution in [1.82, 2.24) is 15.5 Å². The van der Waals surface area contributed by atoms with Crippen LogP contribution < -0.4 is 10.6 Å². The summed E-state index contributed by atoms with van der Waals surface area (Å²) in [7, 11) is 3.31. The Bertz CT molecular complexity index is 596. The Balaban J connectivity index is 0.00000576. The van der Waals surface area contributed by atoms with E-state index in [0.717, 1.165) is 12.5 Å². The summed E-state index contributed by atoms with van der Waals surface area (Å²) in [6.07, 6.45) is 0.863. The van der Waals surface area contributed by atoms with E-state index >= 15 is 0 Å². The van der Waals surface area contributed by atoms with Crippen molar-refractivity contribution in [2.24, 2.45) is 4.99 Å². The number of halogens is 3. The molecule has 1 aromatic rings. The van der Waals surface area contributed by atoms with Gasteiger partial charge in [0.2, 0.25) is 5.91 Å². The lowest BCUT2D eigenvalue weighted by Gasteiger charge is -2.22. The van der Waals surface area contributed by atoms with Crippen LogP contribution in [0, 0.1) is 11.6 Å². The predicted molar refractivity (Wildman–Crippen MR) is 107 cm³/mol. The Morgan fingerprint density at radius 1 is 1.24 bits per heavy atom. The second kappa shape index (κ2) is 11.2. The fourth-order valence-electron chi connectivity index (χ4n) is 1.89. The van der Waals surface area contributed by atoms with E-state index in [1.807, 2.05) is 13.8 Å². The van der Waals surface area contributed by atoms with Crippen LogP contribution in [0.4, 0.5) is 8.78 Å². The van der Waals surface area contributed by atoms with Gasteiger partial charge in [-0.25, -0.2) is 13.8 Å². The average Bonchev–Trinajstić information content (AvgIpc) is 2.51. The minimum Gasteiger partial charge on any atom is -0.354 e. The number of rotatable bonds is 6. The van der Waals surface area contributed by atoms with Crippen molar-refractivity contribution in [2.75, 3.05) is 20.6 Å². The molecule has 142 valence electrons. The molecule has 0 aliphatic heterocycles. The van der Waals surface area contributed by atoms with Crippen molar-refractivity contribution in [3.63, 3.8) is 0 Å². The third-order valence-corrected chi connectivity index (χ3v) is 3.65. The van der Waals surface area contributed by atoms with Crippen molar-refractivity contribution in [1.29, 1.82) is 0 Å². The first-order valence-electron chi connectivity index (χ1n) is 7.97. The minimum atomic E-state index is -0.623. The van der Waals surface area contributed by atoms with E-state index in [1.165, 1.54) is 17.0 Å². The number of carbonyl (C=O) groups excluding carboxylic acids is 1. The van der Waals surface area contributed by atoms with Gasteiger partial charge in [0.1, 0.15) is 18.2 Å². The summed E-state index contributed by atoms with van der Waals surface area (Å²) < 4.78 is 26.9. The van der Waals surface area contributed by atoms with E-state index in [4.69, 9.17) is 0 Å². The van der Waals surface area contributed by atoms with Gasteiger partial charge in [0, 0.05) is 31.8 Å². The molecule has 0 fully saturated rings. The number of nitrogens with one attached hydrogen (secondary N) is 2. The summed E-state index contributed by atoms with van der Waals surface area (Å²) in [5.41, 5.74) is 0.328. The maximum absolute atomic E-state index is 13.9. The lowest BCUT2D eigenvalue weighted by molar-refractivity contribution is -0.127. The summed E-state index contributed by atoms with van der Waals surface area (Å²) in [4.78, 5) is 17.4. The van der Waals surface area contributed by atoms with Crippen LogP contribution in [0.25, 0.3) is 0 Å². The zero-order valence-corrected chi connectivity index (χ0v) is 17.6. The van der Waals surface area contributed by atoms with Crippen LogP contribution >= 0.6 is 24.0 Å². The molecule has 1 aromatic carbocycles. The lowest BCUT2D eigenvalue weighted by atomic mass is 10.1. The third-order valence-electron chi connectivity index (χ3n) is 3.65. The SMILES string of the molecule is CCC(C)NC(=NCC(=O)N(C)C)NC(C)c1ccc(F)cc1F.I. The molecule has 8 heteroatoms. The smallest absolute Gasteiger partial charge is 0.243 e. The molecule has 2 N–H and O–H groups in total. The zero-order valence-electron chi connectivity index (χ0n) is 15.3. The molecule has 1 amide bonds. The number of aliphatic imine (C=N–C) groups is 1. The topological polar surface area (TPSA) is 56.7 Å². The molecule has 0 saturated carbocycles. The lowest BCUT2D eigenvalue weighted by Crippen LogP contribution is -2.43. The molecule has 0 radical (unpaired) electrons. The fraction of sp³-hybridized carbons (Fsp3) is 0.529. The van der Waals surface area contributed by atoms with Gasteiger partial charge in [-0.15, -0.1) is 24.0 Å².